The first kappa shape index (κ1) is 12.0. The molecule has 2 rings (SSSR count). The summed E-state index contributed by atoms with van der Waals surface area (Å²) in [6, 6.07) is 5.85. The number of hydrogen-bond acceptors (Lipinski definition) is 4. The van der Waals surface area contributed by atoms with Gasteiger partial charge in [0.1, 0.15) is 11.6 Å². The van der Waals surface area contributed by atoms with Gasteiger partial charge in [-0.25, -0.2) is 4.39 Å². The molecular weight excluding hydrogens is 235 g/mol. The molecule has 5 heteroatoms. The van der Waals surface area contributed by atoms with E-state index < -0.39 is 11.6 Å². The molecule has 2 aromatic rings. The van der Waals surface area contributed by atoms with Crippen molar-refractivity contribution in [2.45, 2.75) is 0 Å². The molecule has 0 fully saturated rings. The number of ketones is 1. The van der Waals surface area contributed by atoms with E-state index in [9.17, 15) is 9.18 Å². The lowest BCUT2D eigenvalue weighted by atomic mass is 10.0. The Hall–Kier alpha value is -2.43. The number of rotatable bonds is 3. The molecule has 0 saturated heterocycles. The van der Waals surface area contributed by atoms with E-state index >= 15 is 0 Å². The van der Waals surface area contributed by atoms with Gasteiger partial charge >= 0.3 is 0 Å². The molecule has 0 atom stereocenters. The molecule has 0 saturated carbocycles. The average molecular weight is 246 g/mol. The van der Waals surface area contributed by atoms with Crippen molar-refractivity contribution in [3.8, 4) is 5.75 Å². The lowest BCUT2D eigenvalue weighted by molar-refractivity contribution is 0.103. The fourth-order valence-corrected chi connectivity index (χ4v) is 1.55. The van der Waals surface area contributed by atoms with Gasteiger partial charge in [0.25, 0.3) is 0 Å². The van der Waals surface area contributed by atoms with Gasteiger partial charge in [0.15, 0.2) is 5.78 Å². The van der Waals surface area contributed by atoms with Gasteiger partial charge in [0.2, 0.25) is 0 Å². The SMILES string of the molecule is COc1ccc(N)c(C(=O)c2cncc(F)c2)c1. The minimum absolute atomic E-state index is 0.148. The Morgan fingerprint density at radius 1 is 1.33 bits per heavy atom. The van der Waals surface area contributed by atoms with E-state index in [1.54, 1.807) is 12.1 Å². The third-order valence-corrected chi connectivity index (χ3v) is 2.47. The number of benzene rings is 1. The molecule has 0 amide bonds. The summed E-state index contributed by atoms with van der Waals surface area (Å²) in [5.41, 5.74) is 6.45. The van der Waals surface area contributed by atoms with E-state index in [2.05, 4.69) is 4.98 Å². The van der Waals surface area contributed by atoms with Gasteiger partial charge in [-0.1, -0.05) is 0 Å². The standard InChI is InChI=1S/C13H11FN2O2/c1-18-10-2-3-12(15)11(5-10)13(17)8-4-9(14)7-16-6-8/h2-7H,15H2,1H3. The number of carbonyl (C=O) groups excluding carboxylic acids is 1. The van der Waals surface area contributed by atoms with Gasteiger partial charge < -0.3 is 10.5 Å². The lowest BCUT2D eigenvalue weighted by Crippen LogP contribution is -2.06. The highest BCUT2D eigenvalue weighted by molar-refractivity contribution is 6.12. The molecule has 0 aliphatic rings. The first-order valence-electron chi connectivity index (χ1n) is 5.20. The summed E-state index contributed by atoms with van der Waals surface area (Å²) < 4.78 is 18.0. The molecule has 2 N–H and O–H groups in total. The van der Waals surface area contributed by atoms with E-state index in [4.69, 9.17) is 10.5 Å². The maximum absolute atomic E-state index is 13.0. The van der Waals surface area contributed by atoms with Gasteiger partial charge in [0, 0.05) is 23.0 Å². The Kier molecular flexibility index (Phi) is 3.23. The van der Waals surface area contributed by atoms with Crippen molar-refractivity contribution < 1.29 is 13.9 Å². The largest absolute Gasteiger partial charge is 0.497 e. The number of nitrogens with zero attached hydrogens (tertiary/aromatic N) is 1. The number of nitrogens with two attached hydrogens (primary N) is 1. The maximum atomic E-state index is 13.0. The molecule has 18 heavy (non-hydrogen) atoms. The summed E-state index contributed by atoms with van der Waals surface area (Å²) in [6.07, 6.45) is 2.33. The van der Waals surface area contributed by atoms with Crippen LogP contribution >= 0.6 is 0 Å². The number of pyridine rings is 1. The van der Waals surface area contributed by atoms with E-state index in [-0.39, 0.29) is 11.1 Å². The summed E-state index contributed by atoms with van der Waals surface area (Å²) in [4.78, 5) is 15.8. The number of anilines is 1. The number of ether oxygens (including phenoxy) is 1. The van der Waals surface area contributed by atoms with Gasteiger partial charge in [-0.15, -0.1) is 0 Å². The highest BCUT2D eigenvalue weighted by Gasteiger charge is 2.14. The van der Waals surface area contributed by atoms with Crippen LogP contribution in [0.1, 0.15) is 15.9 Å². The third-order valence-electron chi connectivity index (χ3n) is 2.47. The maximum Gasteiger partial charge on any atom is 0.196 e. The second-order valence-corrected chi connectivity index (χ2v) is 3.67. The first-order valence-corrected chi connectivity index (χ1v) is 5.20. The van der Waals surface area contributed by atoms with Crippen molar-refractivity contribution in [2.24, 2.45) is 0 Å². The summed E-state index contributed by atoms with van der Waals surface area (Å²) in [6.45, 7) is 0. The Morgan fingerprint density at radius 2 is 2.11 bits per heavy atom. The topological polar surface area (TPSA) is 65.2 Å². The van der Waals surface area contributed by atoms with Crippen molar-refractivity contribution >= 4 is 11.5 Å². The van der Waals surface area contributed by atoms with Gasteiger partial charge in [0.05, 0.1) is 13.3 Å². The molecular formula is C13H11FN2O2. The molecule has 0 unspecified atom stereocenters. The second-order valence-electron chi connectivity index (χ2n) is 3.67. The fourth-order valence-electron chi connectivity index (χ4n) is 1.55. The van der Waals surface area contributed by atoms with E-state index in [1.165, 1.54) is 19.4 Å². The number of hydrogen-bond donors (Lipinski definition) is 1. The van der Waals surface area contributed by atoms with Gasteiger partial charge in [-0.05, 0) is 24.3 Å². The molecule has 0 radical (unpaired) electrons. The third kappa shape index (κ3) is 2.29. The summed E-state index contributed by atoms with van der Waals surface area (Å²) in [5.74, 6) is -0.447. The van der Waals surface area contributed by atoms with Crippen molar-refractivity contribution in [1.29, 1.82) is 0 Å². The smallest absolute Gasteiger partial charge is 0.196 e. The molecule has 4 nitrogen and oxygen atoms in total. The van der Waals surface area contributed by atoms with E-state index in [1.807, 2.05) is 0 Å². The van der Waals surface area contributed by atoms with Crippen molar-refractivity contribution in [3.05, 3.63) is 53.6 Å². The highest BCUT2D eigenvalue weighted by Crippen LogP contribution is 2.22. The second kappa shape index (κ2) is 4.83. The molecule has 0 bridgehead atoms. The summed E-state index contributed by atoms with van der Waals surface area (Å²) in [7, 11) is 1.49. The number of nitrogen functional groups attached to an aromatic ring is 1. The Labute approximate surface area is 103 Å². The van der Waals surface area contributed by atoms with Crippen LogP contribution in [-0.2, 0) is 0 Å². The highest BCUT2D eigenvalue weighted by atomic mass is 19.1. The lowest BCUT2D eigenvalue weighted by Gasteiger charge is -2.07. The monoisotopic (exact) mass is 246 g/mol. The van der Waals surface area contributed by atoms with Crippen LogP contribution in [0, 0.1) is 5.82 Å². The first-order chi connectivity index (χ1) is 8.61. The molecule has 1 heterocycles. The van der Waals surface area contributed by atoms with Crippen LogP contribution in [0.25, 0.3) is 0 Å². The van der Waals surface area contributed by atoms with Crippen LogP contribution in [0.5, 0.6) is 5.75 Å². The number of carbonyl (C=O) groups is 1. The Morgan fingerprint density at radius 3 is 2.78 bits per heavy atom. The summed E-state index contributed by atoms with van der Waals surface area (Å²) in [5, 5.41) is 0. The molecule has 0 aliphatic heterocycles. The van der Waals surface area contributed by atoms with Crippen molar-refractivity contribution in [1.82, 2.24) is 4.98 Å². The molecule has 92 valence electrons. The van der Waals surface area contributed by atoms with Crippen LogP contribution in [0.15, 0.2) is 36.7 Å². The zero-order chi connectivity index (χ0) is 13.1. The Balaban J connectivity index is 2.45. The number of aromatic nitrogens is 1. The number of halogens is 1. The fraction of sp³-hybridized carbons (Fsp3) is 0.0769. The van der Waals surface area contributed by atoms with Crippen LogP contribution in [0.3, 0.4) is 0 Å². The van der Waals surface area contributed by atoms with E-state index in [0.29, 0.717) is 11.4 Å². The van der Waals surface area contributed by atoms with Gasteiger partial charge in [-0.2, -0.15) is 0 Å². The van der Waals surface area contributed by atoms with Crippen molar-refractivity contribution in [2.75, 3.05) is 12.8 Å². The molecule has 0 spiro atoms. The van der Waals surface area contributed by atoms with Crippen LogP contribution in [0.2, 0.25) is 0 Å². The summed E-state index contributed by atoms with van der Waals surface area (Å²) >= 11 is 0. The van der Waals surface area contributed by atoms with Crippen molar-refractivity contribution in [3.63, 3.8) is 0 Å². The van der Waals surface area contributed by atoms with Gasteiger partial charge in [-0.3, -0.25) is 9.78 Å². The minimum atomic E-state index is -0.567. The average Bonchev–Trinajstić information content (AvgIpc) is 2.38. The van der Waals surface area contributed by atoms with Crippen LogP contribution in [-0.4, -0.2) is 17.9 Å². The predicted octanol–water partition coefficient (Wildman–Crippen LogP) is 2.04. The minimum Gasteiger partial charge on any atom is -0.497 e. The quantitative estimate of drug-likeness (QED) is 0.664. The normalized spacial score (nSPS) is 10.1. The molecule has 0 aliphatic carbocycles. The zero-order valence-electron chi connectivity index (χ0n) is 9.68. The zero-order valence-corrected chi connectivity index (χ0v) is 9.68. The molecule has 1 aromatic heterocycles. The van der Waals surface area contributed by atoms with Crippen LogP contribution < -0.4 is 10.5 Å². The van der Waals surface area contributed by atoms with E-state index in [0.717, 1.165) is 12.3 Å². The number of methoxy groups -OCH3 is 1. The molecule has 1 aromatic carbocycles. The van der Waals surface area contributed by atoms with Crippen LogP contribution in [0.4, 0.5) is 10.1 Å². The predicted molar refractivity (Wildman–Crippen MR) is 65.0 cm³/mol. The Bertz CT molecular complexity index is 599.